The van der Waals surface area contributed by atoms with Crippen molar-refractivity contribution in [1.29, 1.82) is 0 Å². The Morgan fingerprint density at radius 2 is 2.29 bits per heavy atom. The van der Waals surface area contributed by atoms with Gasteiger partial charge in [-0.15, -0.1) is 5.10 Å². The fraction of sp³-hybridized carbons (Fsp3) is 0.400. The normalized spacial score (nSPS) is 10.5. The summed E-state index contributed by atoms with van der Waals surface area (Å²) in [5.41, 5.74) is 0.870. The molecule has 2 rings (SSSR count). The van der Waals surface area contributed by atoms with E-state index in [2.05, 4.69) is 25.6 Å². The Morgan fingerprint density at radius 1 is 1.41 bits per heavy atom. The molecule has 0 unspecified atom stereocenters. The second kappa shape index (κ2) is 5.58. The molecule has 17 heavy (non-hydrogen) atoms. The number of anilines is 1. The zero-order valence-corrected chi connectivity index (χ0v) is 10.2. The Morgan fingerprint density at radius 3 is 3.06 bits per heavy atom. The molecule has 1 N–H and O–H groups in total. The maximum Gasteiger partial charge on any atom is 0.137 e. The summed E-state index contributed by atoms with van der Waals surface area (Å²) in [6, 6.07) is 0. The lowest BCUT2D eigenvalue weighted by Gasteiger charge is -2.08. The largest absolute Gasteiger partial charge is 0.370 e. The van der Waals surface area contributed by atoms with Crippen LogP contribution < -0.4 is 5.32 Å². The number of hydrogen-bond donors (Lipinski definition) is 1. The quantitative estimate of drug-likeness (QED) is 0.646. The SMILES string of the molecule is Cc1c(Cl)ncnc1NCCCn1ccnn1. The smallest absolute Gasteiger partial charge is 0.137 e. The number of aryl methyl sites for hydroxylation is 1. The van der Waals surface area contributed by atoms with Gasteiger partial charge >= 0.3 is 0 Å². The lowest BCUT2D eigenvalue weighted by atomic mass is 10.3. The van der Waals surface area contributed by atoms with E-state index in [1.807, 2.05) is 13.1 Å². The van der Waals surface area contributed by atoms with Crippen molar-refractivity contribution in [1.82, 2.24) is 25.0 Å². The van der Waals surface area contributed by atoms with Crippen LogP contribution in [0.1, 0.15) is 12.0 Å². The number of nitrogens with zero attached hydrogens (tertiary/aromatic N) is 5. The molecule has 0 aliphatic carbocycles. The highest BCUT2D eigenvalue weighted by molar-refractivity contribution is 6.30. The van der Waals surface area contributed by atoms with E-state index in [4.69, 9.17) is 11.6 Å². The summed E-state index contributed by atoms with van der Waals surface area (Å²) in [6.07, 6.45) is 5.90. The molecule has 0 saturated carbocycles. The van der Waals surface area contributed by atoms with E-state index in [0.717, 1.165) is 30.9 Å². The van der Waals surface area contributed by atoms with Gasteiger partial charge in [0.2, 0.25) is 0 Å². The molecule has 7 heteroatoms. The molecule has 0 bridgehead atoms. The minimum Gasteiger partial charge on any atom is -0.370 e. The molecule has 2 heterocycles. The second-order valence-electron chi connectivity index (χ2n) is 3.58. The molecule has 0 aromatic carbocycles. The lowest BCUT2D eigenvalue weighted by Crippen LogP contribution is -2.09. The highest BCUT2D eigenvalue weighted by Gasteiger charge is 2.03. The summed E-state index contributed by atoms with van der Waals surface area (Å²) < 4.78 is 1.79. The first-order valence-electron chi connectivity index (χ1n) is 5.32. The Balaban J connectivity index is 1.80. The van der Waals surface area contributed by atoms with Gasteiger partial charge in [0.1, 0.15) is 17.3 Å². The van der Waals surface area contributed by atoms with Crippen molar-refractivity contribution in [3.05, 3.63) is 29.4 Å². The predicted molar refractivity (Wildman–Crippen MR) is 64.9 cm³/mol. The van der Waals surface area contributed by atoms with Crippen LogP contribution in [0.4, 0.5) is 5.82 Å². The highest BCUT2D eigenvalue weighted by Crippen LogP contribution is 2.17. The van der Waals surface area contributed by atoms with Crippen LogP contribution >= 0.6 is 11.6 Å². The third kappa shape index (κ3) is 3.13. The van der Waals surface area contributed by atoms with Crippen molar-refractivity contribution < 1.29 is 0 Å². The summed E-state index contributed by atoms with van der Waals surface area (Å²) in [7, 11) is 0. The van der Waals surface area contributed by atoms with Crippen LogP contribution in [0.5, 0.6) is 0 Å². The third-order valence-electron chi connectivity index (χ3n) is 2.35. The first-order valence-corrected chi connectivity index (χ1v) is 5.70. The molecule has 90 valence electrons. The van der Waals surface area contributed by atoms with Gasteiger partial charge in [0.25, 0.3) is 0 Å². The average molecular weight is 253 g/mol. The number of rotatable bonds is 5. The van der Waals surface area contributed by atoms with Gasteiger partial charge in [-0.2, -0.15) is 0 Å². The molecular formula is C10H13ClN6. The Kier molecular flexibility index (Phi) is 3.87. The molecule has 6 nitrogen and oxygen atoms in total. The number of hydrogen-bond acceptors (Lipinski definition) is 5. The minimum atomic E-state index is 0.485. The van der Waals surface area contributed by atoms with Crippen LogP contribution in [0.25, 0.3) is 0 Å². The molecule has 0 atom stereocenters. The first kappa shape index (κ1) is 11.8. The van der Waals surface area contributed by atoms with Crippen LogP contribution in [0, 0.1) is 6.92 Å². The van der Waals surface area contributed by atoms with Crippen molar-refractivity contribution in [3.63, 3.8) is 0 Å². The Bertz CT molecular complexity index is 470. The van der Waals surface area contributed by atoms with E-state index in [1.165, 1.54) is 6.33 Å². The van der Waals surface area contributed by atoms with Gasteiger partial charge in [0.15, 0.2) is 0 Å². The standard InChI is InChI=1S/C10H13ClN6/c1-8-9(11)13-7-14-10(8)12-3-2-5-17-6-4-15-16-17/h4,6-7H,2-3,5H2,1H3,(H,12,13,14). The van der Waals surface area contributed by atoms with Crippen LogP contribution in [0.15, 0.2) is 18.7 Å². The van der Waals surface area contributed by atoms with Crippen LogP contribution in [-0.2, 0) is 6.54 Å². The molecular weight excluding hydrogens is 240 g/mol. The molecule has 2 aromatic heterocycles. The van der Waals surface area contributed by atoms with Gasteiger partial charge in [0, 0.05) is 24.8 Å². The first-order chi connectivity index (χ1) is 8.27. The highest BCUT2D eigenvalue weighted by atomic mass is 35.5. The molecule has 0 aliphatic rings. The fourth-order valence-electron chi connectivity index (χ4n) is 1.41. The zero-order valence-electron chi connectivity index (χ0n) is 9.47. The summed E-state index contributed by atoms with van der Waals surface area (Å²) in [5, 5.41) is 11.3. The molecule has 0 saturated heterocycles. The molecule has 0 aliphatic heterocycles. The van der Waals surface area contributed by atoms with Crippen LogP contribution in [-0.4, -0.2) is 31.5 Å². The van der Waals surface area contributed by atoms with Crippen LogP contribution in [0.3, 0.4) is 0 Å². The van der Waals surface area contributed by atoms with E-state index in [0.29, 0.717) is 5.15 Å². The minimum absolute atomic E-state index is 0.485. The van der Waals surface area contributed by atoms with E-state index >= 15 is 0 Å². The maximum absolute atomic E-state index is 5.89. The van der Waals surface area contributed by atoms with Crippen LogP contribution in [0.2, 0.25) is 5.15 Å². The van der Waals surface area contributed by atoms with Crippen molar-refractivity contribution in [2.75, 3.05) is 11.9 Å². The van der Waals surface area contributed by atoms with Crippen molar-refractivity contribution in [2.24, 2.45) is 0 Å². The van der Waals surface area contributed by atoms with Gasteiger partial charge < -0.3 is 5.32 Å². The van der Waals surface area contributed by atoms with Gasteiger partial charge in [-0.25, -0.2) is 9.97 Å². The number of nitrogens with one attached hydrogen (secondary N) is 1. The van der Waals surface area contributed by atoms with Gasteiger partial charge in [0.05, 0.1) is 6.20 Å². The fourth-order valence-corrected chi connectivity index (χ4v) is 1.54. The van der Waals surface area contributed by atoms with Crippen molar-refractivity contribution in [2.45, 2.75) is 19.9 Å². The van der Waals surface area contributed by atoms with Crippen molar-refractivity contribution in [3.8, 4) is 0 Å². The van der Waals surface area contributed by atoms with Crippen molar-refractivity contribution >= 4 is 17.4 Å². The van der Waals surface area contributed by atoms with E-state index in [-0.39, 0.29) is 0 Å². The average Bonchev–Trinajstić information content (AvgIpc) is 2.83. The molecule has 2 aromatic rings. The van der Waals surface area contributed by atoms with E-state index < -0.39 is 0 Å². The summed E-state index contributed by atoms with van der Waals surface area (Å²) >= 11 is 5.89. The predicted octanol–water partition coefficient (Wildman–Crippen LogP) is 1.53. The number of halogens is 1. The summed E-state index contributed by atoms with van der Waals surface area (Å²) in [5.74, 6) is 0.781. The third-order valence-corrected chi connectivity index (χ3v) is 2.73. The number of aromatic nitrogens is 5. The molecule has 0 radical (unpaired) electrons. The Labute approximate surface area is 104 Å². The second-order valence-corrected chi connectivity index (χ2v) is 3.94. The molecule has 0 amide bonds. The lowest BCUT2D eigenvalue weighted by molar-refractivity contribution is 0.569. The maximum atomic E-state index is 5.89. The van der Waals surface area contributed by atoms with E-state index in [1.54, 1.807) is 10.9 Å². The summed E-state index contributed by atoms with van der Waals surface area (Å²) in [6.45, 7) is 3.51. The summed E-state index contributed by atoms with van der Waals surface area (Å²) in [4.78, 5) is 8.03. The van der Waals surface area contributed by atoms with E-state index in [9.17, 15) is 0 Å². The van der Waals surface area contributed by atoms with Gasteiger partial charge in [-0.05, 0) is 13.3 Å². The Hall–Kier alpha value is -1.69. The topological polar surface area (TPSA) is 68.5 Å². The van der Waals surface area contributed by atoms with Gasteiger partial charge in [-0.1, -0.05) is 16.8 Å². The molecule has 0 spiro atoms. The van der Waals surface area contributed by atoms with Gasteiger partial charge in [-0.3, -0.25) is 4.68 Å². The zero-order chi connectivity index (χ0) is 12.1. The molecule has 0 fully saturated rings. The monoisotopic (exact) mass is 252 g/mol.